The second kappa shape index (κ2) is 6.42. The molecule has 0 saturated heterocycles. The lowest BCUT2D eigenvalue weighted by molar-refractivity contribution is 0.179. The van der Waals surface area contributed by atoms with Gasteiger partial charge in [-0.3, -0.25) is 0 Å². The largest absolute Gasteiger partial charge is 0.383 e. The van der Waals surface area contributed by atoms with E-state index in [0.717, 1.165) is 0 Å². The van der Waals surface area contributed by atoms with Crippen LogP contribution in [0.4, 0.5) is 0 Å². The number of rotatable bonds is 5. The first kappa shape index (κ1) is 12.0. The van der Waals surface area contributed by atoms with Crippen LogP contribution in [0.1, 0.15) is 11.8 Å². The van der Waals surface area contributed by atoms with Crippen LogP contribution < -0.4 is 11.1 Å². The zero-order chi connectivity index (χ0) is 11.1. The first-order chi connectivity index (χ1) is 7.22. The van der Waals surface area contributed by atoms with Gasteiger partial charge in [-0.2, -0.15) is 0 Å². The minimum Gasteiger partial charge on any atom is -0.383 e. The Balaban J connectivity index is 2.33. The Kier molecular flexibility index (Phi) is 5.14. The predicted octanol–water partition coefficient (Wildman–Crippen LogP) is 1.19. The van der Waals surface area contributed by atoms with E-state index in [1.807, 2.05) is 24.4 Å². The third-order valence-corrected chi connectivity index (χ3v) is 2.66. The number of methoxy groups -OCH3 is 1. The van der Waals surface area contributed by atoms with Crippen molar-refractivity contribution >= 4 is 17.3 Å². The van der Waals surface area contributed by atoms with Crippen LogP contribution in [0.15, 0.2) is 22.5 Å². The minimum absolute atomic E-state index is 0.182. The van der Waals surface area contributed by atoms with Crippen molar-refractivity contribution in [1.82, 2.24) is 5.32 Å². The number of aliphatic imine (C=N–C) groups is 1. The van der Waals surface area contributed by atoms with E-state index in [-0.39, 0.29) is 6.04 Å². The summed E-state index contributed by atoms with van der Waals surface area (Å²) in [5.41, 5.74) is 5.71. The second-order valence-electron chi connectivity index (χ2n) is 3.28. The van der Waals surface area contributed by atoms with Gasteiger partial charge in [0.25, 0.3) is 0 Å². The summed E-state index contributed by atoms with van der Waals surface area (Å²) in [6.45, 7) is 3.25. The van der Waals surface area contributed by atoms with Crippen LogP contribution in [0.2, 0.25) is 0 Å². The molecule has 0 fully saturated rings. The van der Waals surface area contributed by atoms with Crippen LogP contribution in [0.3, 0.4) is 0 Å². The van der Waals surface area contributed by atoms with Crippen LogP contribution in [-0.2, 0) is 11.3 Å². The van der Waals surface area contributed by atoms with Crippen molar-refractivity contribution in [3.05, 3.63) is 22.4 Å². The molecule has 1 heterocycles. The summed E-state index contributed by atoms with van der Waals surface area (Å²) in [6, 6.07) is 4.23. The van der Waals surface area contributed by atoms with Gasteiger partial charge in [-0.05, 0) is 18.4 Å². The summed E-state index contributed by atoms with van der Waals surface area (Å²) >= 11 is 1.68. The molecule has 84 valence electrons. The van der Waals surface area contributed by atoms with Crippen molar-refractivity contribution in [2.24, 2.45) is 10.7 Å². The van der Waals surface area contributed by atoms with E-state index >= 15 is 0 Å². The average molecular weight is 227 g/mol. The monoisotopic (exact) mass is 227 g/mol. The van der Waals surface area contributed by atoms with Crippen LogP contribution in [0.5, 0.6) is 0 Å². The third-order valence-electron chi connectivity index (χ3n) is 1.80. The van der Waals surface area contributed by atoms with Gasteiger partial charge in [-0.15, -0.1) is 11.3 Å². The van der Waals surface area contributed by atoms with Crippen LogP contribution in [0, 0.1) is 0 Å². The molecular weight excluding hydrogens is 210 g/mol. The van der Waals surface area contributed by atoms with Gasteiger partial charge >= 0.3 is 0 Å². The fraction of sp³-hybridized carbons (Fsp3) is 0.500. The van der Waals surface area contributed by atoms with Gasteiger partial charge in [0.05, 0.1) is 13.2 Å². The fourth-order valence-corrected chi connectivity index (χ4v) is 1.78. The first-order valence-corrected chi connectivity index (χ1v) is 5.68. The smallest absolute Gasteiger partial charge is 0.189 e. The molecule has 0 unspecified atom stereocenters. The van der Waals surface area contributed by atoms with Gasteiger partial charge in [0.1, 0.15) is 0 Å². The van der Waals surface area contributed by atoms with Gasteiger partial charge in [0.15, 0.2) is 5.96 Å². The van der Waals surface area contributed by atoms with E-state index in [1.165, 1.54) is 4.88 Å². The molecule has 1 aromatic heterocycles. The van der Waals surface area contributed by atoms with E-state index in [4.69, 9.17) is 10.5 Å². The summed E-state index contributed by atoms with van der Waals surface area (Å²) in [5.74, 6) is 0.466. The van der Waals surface area contributed by atoms with Gasteiger partial charge in [-0.1, -0.05) is 6.07 Å². The summed E-state index contributed by atoms with van der Waals surface area (Å²) in [5, 5.41) is 5.08. The Morgan fingerprint density at radius 3 is 3.13 bits per heavy atom. The van der Waals surface area contributed by atoms with E-state index in [0.29, 0.717) is 19.1 Å². The van der Waals surface area contributed by atoms with Crippen molar-refractivity contribution in [3.63, 3.8) is 0 Å². The summed E-state index contributed by atoms with van der Waals surface area (Å²) in [7, 11) is 1.66. The van der Waals surface area contributed by atoms with E-state index < -0.39 is 0 Å². The van der Waals surface area contributed by atoms with Crippen molar-refractivity contribution in [2.75, 3.05) is 13.7 Å². The van der Waals surface area contributed by atoms with Crippen molar-refractivity contribution < 1.29 is 4.74 Å². The molecule has 0 aliphatic rings. The average Bonchev–Trinajstić information content (AvgIpc) is 2.67. The van der Waals surface area contributed by atoms with Crippen molar-refractivity contribution in [1.29, 1.82) is 0 Å². The standard InChI is InChI=1S/C10H17N3OS/c1-8(7-14-2)13-10(11)12-6-9-4-3-5-15-9/h3-5,8H,6-7H2,1-2H3,(H3,11,12,13)/t8-/m0/s1. The fourth-order valence-electron chi connectivity index (χ4n) is 1.16. The minimum atomic E-state index is 0.182. The van der Waals surface area contributed by atoms with Crippen molar-refractivity contribution in [2.45, 2.75) is 19.5 Å². The highest BCUT2D eigenvalue weighted by molar-refractivity contribution is 7.09. The summed E-state index contributed by atoms with van der Waals surface area (Å²) in [6.07, 6.45) is 0. The molecule has 0 amide bonds. The molecule has 15 heavy (non-hydrogen) atoms. The molecule has 0 radical (unpaired) electrons. The van der Waals surface area contributed by atoms with Crippen LogP contribution in [-0.4, -0.2) is 25.7 Å². The van der Waals surface area contributed by atoms with Crippen molar-refractivity contribution in [3.8, 4) is 0 Å². The highest BCUT2D eigenvalue weighted by Gasteiger charge is 2.01. The maximum Gasteiger partial charge on any atom is 0.189 e. The number of hydrogen-bond acceptors (Lipinski definition) is 3. The Hall–Kier alpha value is -1.07. The molecule has 0 saturated carbocycles. The lowest BCUT2D eigenvalue weighted by Gasteiger charge is -2.12. The van der Waals surface area contributed by atoms with Gasteiger partial charge in [0, 0.05) is 18.0 Å². The Morgan fingerprint density at radius 1 is 1.73 bits per heavy atom. The molecule has 1 atom stereocenters. The van der Waals surface area contributed by atoms with E-state index in [1.54, 1.807) is 18.4 Å². The number of guanidine groups is 1. The Bertz CT molecular complexity index is 298. The molecule has 0 aromatic carbocycles. The van der Waals surface area contributed by atoms with Crippen LogP contribution in [0.25, 0.3) is 0 Å². The van der Waals surface area contributed by atoms with E-state index in [9.17, 15) is 0 Å². The van der Waals surface area contributed by atoms with Gasteiger partial charge < -0.3 is 15.8 Å². The molecule has 0 aliphatic carbocycles. The second-order valence-corrected chi connectivity index (χ2v) is 4.31. The summed E-state index contributed by atoms with van der Waals surface area (Å²) in [4.78, 5) is 5.43. The third kappa shape index (κ3) is 4.80. The first-order valence-electron chi connectivity index (χ1n) is 4.80. The molecule has 3 N–H and O–H groups in total. The Morgan fingerprint density at radius 2 is 2.53 bits per heavy atom. The number of nitrogens with zero attached hydrogens (tertiary/aromatic N) is 1. The number of thiophene rings is 1. The zero-order valence-electron chi connectivity index (χ0n) is 9.06. The molecule has 0 spiro atoms. The number of hydrogen-bond donors (Lipinski definition) is 2. The summed E-state index contributed by atoms with van der Waals surface area (Å²) < 4.78 is 4.98. The molecule has 1 aromatic rings. The Labute approximate surface area is 94.2 Å². The van der Waals surface area contributed by atoms with Gasteiger partial charge in [-0.25, -0.2) is 4.99 Å². The molecular formula is C10H17N3OS. The molecule has 1 rings (SSSR count). The predicted molar refractivity (Wildman–Crippen MR) is 64.1 cm³/mol. The molecule has 0 aliphatic heterocycles. The van der Waals surface area contributed by atoms with Crippen LogP contribution >= 0.6 is 11.3 Å². The van der Waals surface area contributed by atoms with Gasteiger partial charge in [0.2, 0.25) is 0 Å². The maximum atomic E-state index is 5.71. The number of nitrogens with one attached hydrogen (secondary N) is 1. The number of ether oxygens (including phenoxy) is 1. The van der Waals surface area contributed by atoms with E-state index in [2.05, 4.69) is 10.3 Å². The maximum absolute atomic E-state index is 5.71. The number of nitrogens with two attached hydrogens (primary N) is 1. The lowest BCUT2D eigenvalue weighted by atomic mass is 10.4. The normalized spacial score (nSPS) is 13.9. The molecule has 0 bridgehead atoms. The molecule has 4 nitrogen and oxygen atoms in total. The zero-order valence-corrected chi connectivity index (χ0v) is 9.88. The highest BCUT2D eigenvalue weighted by Crippen LogP contribution is 2.08. The quantitative estimate of drug-likeness (QED) is 0.587. The lowest BCUT2D eigenvalue weighted by Crippen LogP contribution is -2.40. The SMILES string of the molecule is COC[C@H](C)NC(N)=NCc1cccs1. The molecule has 5 heteroatoms. The topological polar surface area (TPSA) is 59.6 Å². The highest BCUT2D eigenvalue weighted by atomic mass is 32.1.